The van der Waals surface area contributed by atoms with Crippen LogP contribution in [-0.4, -0.2) is 16.3 Å². The summed E-state index contributed by atoms with van der Waals surface area (Å²) in [5.74, 6) is 0. The van der Waals surface area contributed by atoms with Crippen molar-refractivity contribution in [3.63, 3.8) is 0 Å². The van der Waals surface area contributed by atoms with Crippen LogP contribution in [0.2, 0.25) is 0 Å². The Kier molecular flexibility index (Phi) is 4.61. The van der Waals surface area contributed by atoms with E-state index in [0.29, 0.717) is 6.54 Å². The quantitative estimate of drug-likeness (QED) is 0.608. The molecule has 1 aromatic rings. The van der Waals surface area contributed by atoms with Gasteiger partial charge in [0.2, 0.25) is 0 Å². The minimum atomic E-state index is -0.412. The van der Waals surface area contributed by atoms with Gasteiger partial charge in [-0.3, -0.25) is 4.79 Å². The largest absolute Gasteiger partial charge is 0.322 e. The molecule has 0 aliphatic rings. The van der Waals surface area contributed by atoms with Crippen molar-refractivity contribution in [3.05, 3.63) is 34.3 Å². The lowest BCUT2D eigenvalue weighted by Gasteiger charge is -2.23. The van der Waals surface area contributed by atoms with Gasteiger partial charge in [0.15, 0.2) is 0 Å². The highest BCUT2D eigenvalue weighted by atomic mass is 79.9. The molecule has 1 aromatic carbocycles. The summed E-state index contributed by atoms with van der Waals surface area (Å²) in [6.45, 7) is 4.43. The second kappa shape index (κ2) is 5.52. The summed E-state index contributed by atoms with van der Waals surface area (Å²) in [6, 6.07) is 7.95. The van der Waals surface area contributed by atoms with Crippen LogP contribution in [-0.2, 0) is 6.54 Å². The molecule has 1 amide bonds. The van der Waals surface area contributed by atoms with Crippen LogP contribution in [0.15, 0.2) is 28.7 Å². The van der Waals surface area contributed by atoms with Crippen molar-refractivity contribution < 1.29 is 4.79 Å². The molecule has 0 aliphatic carbocycles. The molecule has 2 nitrogen and oxygen atoms in total. The molecule has 0 saturated carbocycles. The highest BCUT2D eigenvalue weighted by Gasteiger charge is 2.14. The Morgan fingerprint density at radius 1 is 1.53 bits per heavy atom. The molecule has 0 aliphatic heterocycles. The van der Waals surface area contributed by atoms with E-state index in [4.69, 9.17) is 11.6 Å². The van der Waals surface area contributed by atoms with E-state index in [0.717, 1.165) is 10.0 Å². The lowest BCUT2D eigenvalue weighted by atomic mass is 10.2. The molecule has 0 fully saturated rings. The maximum absolute atomic E-state index is 11.2. The maximum atomic E-state index is 11.2. The third-order valence-corrected chi connectivity index (χ3v) is 2.80. The van der Waals surface area contributed by atoms with E-state index in [9.17, 15) is 4.79 Å². The van der Waals surface area contributed by atoms with Gasteiger partial charge in [-0.1, -0.05) is 28.1 Å². The van der Waals surface area contributed by atoms with Gasteiger partial charge in [0.05, 0.1) is 0 Å². The van der Waals surface area contributed by atoms with Gasteiger partial charge in [-0.05, 0) is 43.1 Å². The number of nitrogens with zero attached hydrogens (tertiary/aromatic N) is 1. The number of rotatable bonds is 3. The van der Waals surface area contributed by atoms with Gasteiger partial charge in [-0.15, -0.1) is 0 Å². The van der Waals surface area contributed by atoms with Crippen LogP contribution in [0.3, 0.4) is 0 Å². The first-order valence-corrected chi connectivity index (χ1v) is 5.88. The number of benzene rings is 1. The van der Waals surface area contributed by atoms with Gasteiger partial charge in [-0.2, -0.15) is 0 Å². The van der Waals surface area contributed by atoms with Crippen LogP contribution in [0.5, 0.6) is 0 Å². The first-order valence-electron chi connectivity index (χ1n) is 4.71. The van der Waals surface area contributed by atoms with Crippen molar-refractivity contribution in [1.29, 1.82) is 0 Å². The van der Waals surface area contributed by atoms with Crippen molar-refractivity contribution >= 4 is 32.9 Å². The lowest BCUT2D eigenvalue weighted by Crippen LogP contribution is -2.32. The van der Waals surface area contributed by atoms with Crippen LogP contribution in [0, 0.1) is 0 Å². The third kappa shape index (κ3) is 3.84. The Labute approximate surface area is 103 Å². The molecular weight excluding hydrogens is 277 g/mol. The zero-order valence-electron chi connectivity index (χ0n) is 8.71. The first kappa shape index (κ1) is 12.5. The van der Waals surface area contributed by atoms with E-state index in [1.807, 2.05) is 38.1 Å². The lowest BCUT2D eigenvalue weighted by molar-refractivity contribution is 0.204. The zero-order chi connectivity index (χ0) is 11.4. The van der Waals surface area contributed by atoms with Gasteiger partial charge < -0.3 is 4.90 Å². The molecule has 0 saturated heterocycles. The SMILES string of the molecule is CC(C)N(Cc1cccc(Br)c1)C(=O)Cl. The number of carbonyl (C=O) groups is 1. The van der Waals surface area contributed by atoms with Crippen molar-refractivity contribution in [2.45, 2.75) is 26.4 Å². The third-order valence-electron chi connectivity index (χ3n) is 2.09. The Balaban J connectivity index is 2.79. The van der Waals surface area contributed by atoms with Crippen molar-refractivity contribution in [1.82, 2.24) is 4.90 Å². The Morgan fingerprint density at radius 3 is 2.67 bits per heavy atom. The number of amides is 1. The second-order valence-electron chi connectivity index (χ2n) is 3.60. The van der Waals surface area contributed by atoms with Gasteiger partial charge in [0.1, 0.15) is 0 Å². The molecular formula is C11H13BrClNO. The number of halogens is 2. The molecule has 0 aromatic heterocycles. The molecule has 0 atom stereocenters. The Hall–Kier alpha value is -0.540. The van der Waals surface area contributed by atoms with Crippen LogP contribution in [0.4, 0.5) is 4.79 Å². The summed E-state index contributed by atoms with van der Waals surface area (Å²) in [5.41, 5.74) is 1.06. The molecule has 0 N–H and O–H groups in total. The minimum absolute atomic E-state index is 0.106. The predicted molar refractivity (Wildman–Crippen MR) is 66.1 cm³/mol. The molecule has 4 heteroatoms. The highest BCUT2D eigenvalue weighted by Crippen LogP contribution is 2.15. The first-order chi connectivity index (χ1) is 7.00. The summed E-state index contributed by atoms with van der Waals surface area (Å²) in [4.78, 5) is 12.8. The van der Waals surface area contributed by atoms with Gasteiger partial charge >= 0.3 is 5.37 Å². The maximum Gasteiger partial charge on any atom is 0.316 e. The fraction of sp³-hybridized carbons (Fsp3) is 0.364. The minimum Gasteiger partial charge on any atom is -0.322 e. The Morgan fingerprint density at radius 2 is 2.20 bits per heavy atom. The topological polar surface area (TPSA) is 20.3 Å². The average molecular weight is 291 g/mol. The predicted octanol–water partition coefficient (Wildman–Crippen LogP) is 4.02. The summed E-state index contributed by atoms with van der Waals surface area (Å²) in [5, 5.41) is -0.412. The van der Waals surface area contributed by atoms with Crippen LogP contribution < -0.4 is 0 Å². The second-order valence-corrected chi connectivity index (χ2v) is 4.84. The standard InChI is InChI=1S/C11H13BrClNO/c1-8(2)14(11(13)15)7-9-4-3-5-10(12)6-9/h3-6,8H,7H2,1-2H3. The van der Waals surface area contributed by atoms with E-state index in [2.05, 4.69) is 15.9 Å². The molecule has 0 bridgehead atoms. The molecule has 82 valence electrons. The molecule has 15 heavy (non-hydrogen) atoms. The van der Waals surface area contributed by atoms with Crippen molar-refractivity contribution in [3.8, 4) is 0 Å². The van der Waals surface area contributed by atoms with Gasteiger partial charge in [0.25, 0.3) is 0 Å². The molecule has 0 radical (unpaired) electrons. The fourth-order valence-electron chi connectivity index (χ4n) is 1.28. The van der Waals surface area contributed by atoms with E-state index in [1.165, 1.54) is 0 Å². The molecule has 0 spiro atoms. The van der Waals surface area contributed by atoms with E-state index >= 15 is 0 Å². The summed E-state index contributed by atoms with van der Waals surface area (Å²) >= 11 is 8.89. The molecule has 0 heterocycles. The summed E-state index contributed by atoms with van der Waals surface area (Å²) in [6.07, 6.45) is 0. The fourth-order valence-corrected chi connectivity index (χ4v) is 1.98. The van der Waals surface area contributed by atoms with Crippen molar-refractivity contribution in [2.75, 3.05) is 0 Å². The monoisotopic (exact) mass is 289 g/mol. The average Bonchev–Trinajstić information content (AvgIpc) is 2.13. The van der Waals surface area contributed by atoms with Crippen LogP contribution >= 0.6 is 27.5 Å². The van der Waals surface area contributed by atoms with E-state index < -0.39 is 5.37 Å². The summed E-state index contributed by atoms with van der Waals surface area (Å²) < 4.78 is 1.01. The normalized spacial score (nSPS) is 10.5. The van der Waals surface area contributed by atoms with Crippen LogP contribution in [0.1, 0.15) is 19.4 Å². The van der Waals surface area contributed by atoms with E-state index in [-0.39, 0.29) is 6.04 Å². The van der Waals surface area contributed by atoms with Crippen LogP contribution in [0.25, 0.3) is 0 Å². The number of carbonyl (C=O) groups excluding carboxylic acids is 1. The number of hydrogen-bond donors (Lipinski definition) is 0. The zero-order valence-corrected chi connectivity index (χ0v) is 11.0. The Bertz CT molecular complexity index is 354. The molecule has 1 rings (SSSR count). The highest BCUT2D eigenvalue weighted by molar-refractivity contribution is 9.10. The van der Waals surface area contributed by atoms with Crippen molar-refractivity contribution in [2.24, 2.45) is 0 Å². The smallest absolute Gasteiger partial charge is 0.316 e. The van der Waals surface area contributed by atoms with E-state index in [1.54, 1.807) is 4.90 Å². The van der Waals surface area contributed by atoms with Gasteiger partial charge in [0, 0.05) is 17.1 Å². The number of hydrogen-bond acceptors (Lipinski definition) is 1. The van der Waals surface area contributed by atoms with Gasteiger partial charge in [-0.25, -0.2) is 0 Å². The summed E-state index contributed by atoms with van der Waals surface area (Å²) in [7, 11) is 0. The molecule has 0 unspecified atom stereocenters.